The van der Waals surface area contributed by atoms with Gasteiger partial charge < -0.3 is 5.32 Å². The Morgan fingerprint density at radius 2 is 2.20 bits per heavy atom. The molecule has 0 spiro atoms. The standard InChI is InChI=1S/C15H17N3S2/c1-10-4-3-5-11(6-10)20-9-14-17-13-8-19-7-12(13)15(16-2)18-14/h3-6H,7-9H2,1-2H3,(H,16,17,18). The molecule has 3 nitrogen and oxygen atoms in total. The summed E-state index contributed by atoms with van der Waals surface area (Å²) in [7, 11) is 1.93. The van der Waals surface area contributed by atoms with E-state index in [2.05, 4.69) is 41.5 Å². The number of hydrogen-bond acceptors (Lipinski definition) is 5. The molecule has 1 aliphatic rings. The Labute approximate surface area is 128 Å². The largest absolute Gasteiger partial charge is 0.373 e. The zero-order valence-electron chi connectivity index (χ0n) is 11.6. The van der Waals surface area contributed by atoms with Gasteiger partial charge in [-0.2, -0.15) is 11.8 Å². The van der Waals surface area contributed by atoms with Crippen LogP contribution in [0.5, 0.6) is 0 Å². The summed E-state index contributed by atoms with van der Waals surface area (Å²) in [6, 6.07) is 8.55. The number of aromatic nitrogens is 2. The van der Waals surface area contributed by atoms with Crippen LogP contribution in [0.3, 0.4) is 0 Å². The van der Waals surface area contributed by atoms with Crippen LogP contribution in [0.2, 0.25) is 0 Å². The van der Waals surface area contributed by atoms with E-state index in [0.29, 0.717) is 0 Å². The maximum absolute atomic E-state index is 4.71. The highest BCUT2D eigenvalue weighted by molar-refractivity contribution is 7.98. The van der Waals surface area contributed by atoms with Gasteiger partial charge in [0.05, 0.1) is 11.4 Å². The van der Waals surface area contributed by atoms with E-state index < -0.39 is 0 Å². The number of benzene rings is 1. The summed E-state index contributed by atoms with van der Waals surface area (Å²) in [5.74, 6) is 4.77. The van der Waals surface area contributed by atoms with Crippen LogP contribution in [0, 0.1) is 6.92 Å². The molecule has 20 heavy (non-hydrogen) atoms. The Kier molecular flexibility index (Phi) is 4.17. The molecule has 1 aromatic heterocycles. The summed E-state index contributed by atoms with van der Waals surface area (Å²) < 4.78 is 0. The molecule has 0 bridgehead atoms. The highest BCUT2D eigenvalue weighted by Gasteiger charge is 2.19. The number of fused-ring (bicyclic) bond motifs is 1. The minimum atomic E-state index is 0.816. The smallest absolute Gasteiger partial charge is 0.141 e. The number of rotatable bonds is 4. The first-order valence-electron chi connectivity index (χ1n) is 6.60. The van der Waals surface area contributed by atoms with Gasteiger partial charge in [-0.05, 0) is 19.1 Å². The highest BCUT2D eigenvalue weighted by Crippen LogP contribution is 2.33. The van der Waals surface area contributed by atoms with Crippen LogP contribution in [0.25, 0.3) is 0 Å². The van der Waals surface area contributed by atoms with Crippen molar-refractivity contribution in [3.8, 4) is 0 Å². The second kappa shape index (κ2) is 6.06. The van der Waals surface area contributed by atoms with Crippen LogP contribution < -0.4 is 5.32 Å². The second-order valence-corrected chi connectivity index (χ2v) is 6.80. The van der Waals surface area contributed by atoms with Crippen molar-refractivity contribution in [2.45, 2.75) is 29.1 Å². The first kappa shape index (κ1) is 13.8. The lowest BCUT2D eigenvalue weighted by molar-refractivity contribution is 0.975. The van der Waals surface area contributed by atoms with Crippen LogP contribution in [0.4, 0.5) is 5.82 Å². The number of nitrogens with one attached hydrogen (secondary N) is 1. The molecular weight excluding hydrogens is 286 g/mol. The summed E-state index contributed by atoms with van der Waals surface area (Å²) in [5.41, 5.74) is 3.77. The van der Waals surface area contributed by atoms with Crippen molar-refractivity contribution in [1.29, 1.82) is 0 Å². The number of thioether (sulfide) groups is 2. The van der Waals surface area contributed by atoms with Crippen molar-refractivity contribution in [1.82, 2.24) is 9.97 Å². The van der Waals surface area contributed by atoms with Crippen LogP contribution in [-0.2, 0) is 17.3 Å². The molecule has 0 saturated carbocycles. The van der Waals surface area contributed by atoms with Gasteiger partial charge in [-0.1, -0.05) is 17.7 Å². The van der Waals surface area contributed by atoms with E-state index >= 15 is 0 Å². The Hall–Kier alpha value is -1.20. The molecule has 2 aromatic rings. The monoisotopic (exact) mass is 303 g/mol. The van der Waals surface area contributed by atoms with Crippen LogP contribution in [0.1, 0.15) is 22.6 Å². The molecule has 1 N–H and O–H groups in total. The maximum Gasteiger partial charge on any atom is 0.141 e. The zero-order chi connectivity index (χ0) is 13.9. The summed E-state index contributed by atoms with van der Waals surface area (Å²) >= 11 is 3.70. The van der Waals surface area contributed by atoms with Crippen LogP contribution in [-0.4, -0.2) is 17.0 Å². The molecule has 0 radical (unpaired) electrons. The Morgan fingerprint density at radius 3 is 3.00 bits per heavy atom. The molecule has 3 rings (SSSR count). The van der Waals surface area contributed by atoms with E-state index in [1.165, 1.54) is 21.7 Å². The van der Waals surface area contributed by atoms with Crippen molar-refractivity contribution >= 4 is 29.3 Å². The highest BCUT2D eigenvalue weighted by atomic mass is 32.2. The number of nitrogens with zero attached hydrogens (tertiary/aromatic N) is 2. The maximum atomic E-state index is 4.71. The first-order valence-corrected chi connectivity index (χ1v) is 8.74. The third-order valence-electron chi connectivity index (χ3n) is 3.22. The van der Waals surface area contributed by atoms with Crippen LogP contribution in [0.15, 0.2) is 29.2 Å². The number of aryl methyl sites for hydroxylation is 1. The molecule has 5 heteroatoms. The molecule has 0 amide bonds. The summed E-state index contributed by atoms with van der Waals surface area (Å²) in [5, 5.41) is 3.20. The predicted molar refractivity (Wildman–Crippen MR) is 87.3 cm³/mol. The molecule has 104 valence electrons. The molecular formula is C15H17N3S2. The fraction of sp³-hybridized carbons (Fsp3) is 0.333. The van der Waals surface area contributed by atoms with Gasteiger partial charge in [0.2, 0.25) is 0 Å². The second-order valence-electron chi connectivity index (χ2n) is 4.76. The van der Waals surface area contributed by atoms with Gasteiger partial charge in [0.15, 0.2) is 0 Å². The molecule has 0 fully saturated rings. The van der Waals surface area contributed by atoms with Crippen molar-refractivity contribution in [2.75, 3.05) is 12.4 Å². The minimum absolute atomic E-state index is 0.816. The summed E-state index contributed by atoms with van der Waals surface area (Å²) in [6.45, 7) is 2.12. The molecule has 0 saturated heterocycles. The number of anilines is 1. The van der Waals surface area contributed by atoms with Crippen molar-refractivity contribution in [2.24, 2.45) is 0 Å². The van der Waals surface area contributed by atoms with Crippen molar-refractivity contribution in [3.63, 3.8) is 0 Å². The molecule has 2 heterocycles. The van der Waals surface area contributed by atoms with Gasteiger partial charge >= 0.3 is 0 Å². The van der Waals surface area contributed by atoms with Crippen molar-refractivity contribution in [3.05, 3.63) is 46.9 Å². The quantitative estimate of drug-likeness (QED) is 0.868. The fourth-order valence-electron chi connectivity index (χ4n) is 2.23. The fourth-order valence-corrected chi connectivity index (χ4v) is 4.14. The van der Waals surface area contributed by atoms with E-state index in [0.717, 1.165) is 28.9 Å². The Balaban J connectivity index is 1.78. The van der Waals surface area contributed by atoms with E-state index in [9.17, 15) is 0 Å². The van der Waals surface area contributed by atoms with Crippen LogP contribution >= 0.6 is 23.5 Å². The van der Waals surface area contributed by atoms with Gasteiger partial charge in [0.25, 0.3) is 0 Å². The first-order chi connectivity index (χ1) is 9.76. The molecule has 0 atom stereocenters. The van der Waals surface area contributed by atoms with E-state index in [4.69, 9.17) is 4.98 Å². The molecule has 1 aliphatic heterocycles. The number of hydrogen-bond donors (Lipinski definition) is 1. The van der Waals surface area contributed by atoms with Gasteiger partial charge in [0.1, 0.15) is 11.6 Å². The SMILES string of the molecule is CNc1nc(CSc2cccc(C)c2)nc2c1CSC2. The summed E-state index contributed by atoms with van der Waals surface area (Å²) in [4.78, 5) is 10.6. The Morgan fingerprint density at radius 1 is 1.30 bits per heavy atom. The lowest BCUT2D eigenvalue weighted by Gasteiger charge is -2.09. The normalized spacial score (nSPS) is 13.3. The van der Waals surface area contributed by atoms with Gasteiger partial charge in [0, 0.05) is 29.0 Å². The average Bonchev–Trinajstić information content (AvgIpc) is 2.92. The molecule has 1 aromatic carbocycles. The lowest BCUT2D eigenvalue weighted by Crippen LogP contribution is -2.05. The Bertz CT molecular complexity index is 629. The van der Waals surface area contributed by atoms with Gasteiger partial charge in [-0.15, -0.1) is 11.8 Å². The minimum Gasteiger partial charge on any atom is -0.373 e. The predicted octanol–water partition coefficient (Wildman–Crippen LogP) is 3.87. The lowest BCUT2D eigenvalue weighted by atomic mass is 10.2. The summed E-state index contributed by atoms with van der Waals surface area (Å²) in [6.07, 6.45) is 0. The van der Waals surface area contributed by atoms with E-state index in [-0.39, 0.29) is 0 Å². The van der Waals surface area contributed by atoms with E-state index in [1.807, 2.05) is 18.8 Å². The van der Waals surface area contributed by atoms with Crippen molar-refractivity contribution < 1.29 is 0 Å². The third kappa shape index (κ3) is 2.94. The van der Waals surface area contributed by atoms with E-state index in [1.54, 1.807) is 11.8 Å². The van der Waals surface area contributed by atoms with Gasteiger partial charge in [-0.3, -0.25) is 0 Å². The average molecular weight is 303 g/mol. The van der Waals surface area contributed by atoms with Gasteiger partial charge in [-0.25, -0.2) is 9.97 Å². The molecule has 0 aliphatic carbocycles. The molecule has 0 unspecified atom stereocenters. The third-order valence-corrected chi connectivity index (χ3v) is 5.18. The topological polar surface area (TPSA) is 37.8 Å². The zero-order valence-corrected chi connectivity index (χ0v) is 13.3.